The lowest BCUT2D eigenvalue weighted by Crippen LogP contribution is -2.55. The Morgan fingerprint density at radius 1 is 1.37 bits per heavy atom. The third kappa shape index (κ3) is 3.47. The second-order valence-electron chi connectivity index (χ2n) is 9.88. The summed E-state index contributed by atoms with van der Waals surface area (Å²) in [6.45, 7) is 9.37. The van der Waals surface area contributed by atoms with Gasteiger partial charge in [0.2, 0.25) is 17.7 Å². The number of nitriles is 1. The first-order valence-electron chi connectivity index (χ1n) is 11.3. The molecule has 0 unspecified atom stereocenters. The van der Waals surface area contributed by atoms with Crippen LogP contribution in [-0.4, -0.2) is 71.8 Å². The molecule has 1 saturated carbocycles. The van der Waals surface area contributed by atoms with E-state index >= 15 is 0 Å². The number of nitrogens with zero attached hydrogens (tertiary/aromatic N) is 3. The van der Waals surface area contributed by atoms with Gasteiger partial charge in [-0.25, -0.2) is 0 Å². The smallest absolute Gasteiger partial charge is 0.244 e. The van der Waals surface area contributed by atoms with Gasteiger partial charge in [-0.15, -0.1) is 0 Å². The zero-order valence-corrected chi connectivity index (χ0v) is 18.2. The lowest BCUT2D eigenvalue weighted by Gasteiger charge is -2.34. The van der Waals surface area contributed by atoms with E-state index in [9.17, 15) is 19.6 Å². The molecule has 0 aromatic carbocycles. The van der Waals surface area contributed by atoms with Crippen LogP contribution in [0.4, 0.5) is 0 Å². The van der Waals surface area contributed by atoms with Crippen molar-refractivity contribution >= 4 is 17.7 Å². The number of nitrogens with one attached hydrogen (secondary N) is 2. The highest BCUT2D eigenvalue weighted by Gasteiger charge is 2.69. The van der Waals surface area contributed by atoms with Crippen LogP contribution >= 0.6 is 0 Å². The van der Waals surface area contributed by atoms with Crippen LogP contribution in [-0.2, 0) is 14.4 Å². The van der Waals surface area contributed by atoms with Gasteiger partial charge in [0.05, 0.1) is 12.1 Å². The molecule has 6 atom stereocenters. The standard InChI is InChI=1S/C22H33N5O3/c1-4-26-9-5-6-16(26)21(30)27-12-15-17(22(15,2)3)18(27)20(29)25-14(11-23)10-13-7-8-24-19(13)28/h13-18H,4-10,12H2,1-3H3,(H,24,28)(H,25,29)/t13-,14-,15-,16-,17-,18-/m0/s1. The molecule has 4 aliphatic rings. The minimum absolute atomic E-state index is 0.0341. The number of piperidine rings is 1. The molecule has 30 heavy (non-hydrogen) atoms. The second-order valence-corrected chi connectivity index (χ2v) is 9.88. The largest absolute Gasteiger partial charge is 0.356 e. The van der Waals surface area contributed by atoms with Crippen molar-refractivity contribution < 1.29 is 14.4 Å². The van der Waals surface area contributed by atoms with E-state index in [0.29, 0.717) is 31.8 Å². The number of likely N-dealkylation sites (N-methyl/N-ethyl adjacent to an activating group) is 1. The van der Waals surface area contributed by atoms with E-state index in [1.165, 1.54) is 0 Å². The van der Waals surface area contributed by atoms with E-state index in [2.05, 4.69) is 42.4 Å². The predicted molar refractivity (Wildman–Crippen MR) is 110 cm³/mol. The molecule has 3 saturated heterocycles. The Kier molecular flexibility index (Phi) is 5.52. The number of hydrogen-bond donors (Lipinski definition) is 2. The molecule has 2 N–H and O–H groups in total. The lowest BCUT2D eigenvalue weighted by molar-refractivity contribution is -0.144. The molecule has 0 aromatic heterocycles. The summed E-state index contributed by atoms with van der Waals surface area (Å²) >= 11 is 0. The zero-order valence-electron chi connectivity index (χ0n) is 18.2. The van der Waals surface area contributed by atoms with Gasteiger partial charge in [-0.3, -0.25) is 19.3 Å². The number of carbonyl (C=O) groups is 3. The van der Waals surface area contributed by atoms with Gasteiger partial charge in [-0.1, -0.05) is 20.8 Å². The van der Waals surface area contributed by atoms with Gasteiger partial charge in [0.1, 0.15) is 12.1 Å². The molecule has 3 amide bonds. The maximum atomic E-state index is 13.4. The quantitative estimate of drug-likeness (QED) is 0.657. The monoisotopic (exact) mass is 415 g/mol. The van der Waals surface area contributed by atoms with E-state index in [1.54, 1.807) is 4.90 Å². The Morgan fingerprint density at radius 2 is 2.13 bits per heavy atom. The van der Waals surface area contributed by atoms with E-state index in [4.69, 9.17) is 0 Å². The first kappa shape index (κ1) is 21.1. The predicted octanol–water partition coefficient (Wildman–Crippen LogP) is 0.488. The Morgan fingerprint density at radius 3 is 2.77 bits per heavy atom. The number of amides is 3. The summed E-state index contributed by atoms with van der Waals surface area (Å²) in [6, 6.07) is 0.763. The van der Waals surface area contributed by atoms with Crippen LogP contribution in [0.5, 0.6) is 0 Å². The molecule has 0 aromatic rings. The molecule has 3 aliphatic heterocycles. The van der Waals surface area contributed by atoms with Crippen molar-refractivity contribution in [1.82, 2.24) is 20.4 Å². The van der Waals surface area contributed by atoms with E-state index in [0.717, 1.165) is 25.9 Å². The lowest BCUT2D eigenvalue weighted by atomic mass is 9.97. The van der Waals surface area contributed by atoms with Crippen LogP contribution in [0.1, 0.15) is 46.5 Å². The summed E-state index contributed by atoms with van der Waals surface area (Å²) in [6.07, 6.45) is 2.85. The fourth-order valence-electron chi connectivity index (χ4n) is 6.04. The van der Waals surface area contributed by atoms with Crippen molar-refractivity contribution in [3.8, 4) is 6.07 Å². The highest BCUT2D eigenvalue weighted by atomic mass is 16.2. The van der Waals surface area contributed by atoms with Gasteiger partial charge < -0.3 is 15.5 Å². The van der Waals surface area contributed by atoms with Gasteiger partial charge >= 0.3 is 0 Å². The zero-order chi connectivity index (χ0) is 21.6. The Labute approximate surface area is 178 Å². The van der Waals surface area contributed by atoms with Gasteiger partial charge in [-0.05, 0) is 56.0 Å². The average Bonchev–Trinajstić information content (AvgIpc) is 3.25. The first-order chi connectivity index (χ1) is 14.3. The minimum atomic E-state index is -0.720. The number of carbonyl (C=O) groups excluding carboxylic acids is 3. The number of rotatable bonds is 6. The minimum Gasteiger partial charge on any atom is -0.356 e. The SMILES string of the molecule is CCN1CCC[C@H]1C(=O)N1C[C@H]2[C@@H]([C@H]1C(=O)N[C@H](C#N)C[C@@H]1CCNC1=O)C2(C)C. The number of likely N-dealkylation sites (tertiary alicyclic amines) is 2. The number of hydrogen-bond acceptors (Lipinski definition) is 5. The van der Waals surface area contributed by atoms with E-state index in [1.807, 2.05) is 0 Å². The maximum Gasteiger partial charge on any atom is 0.244 e. The summed E-state index contributed by atoms with van der Waals surface area (Å²) in [5.74, 6) is -0.0140. The Hall–Kier alpha value is -2.14. The molecule has 8 heteroatoms. The van der Waals surface area contributed by atoms with Crippen molar-refractivity contribution in [2.24, 2.45) is 23.2 Å². The number of fused-ring (bicyclic) bond motifs is 1. The van der Waals surface area contributed by atoms with E-state index in [-0.39, 0.29) is 41.0 Å². The first-order valence-corrected chi connectivity index (χ1v) is 11.3. The summed E-state index contributed by atoms with van der Waals surface area (Å²) < 4.78 is 0. The molecule has 1 aliphatic carbocycles. The van der Waals surface area contributed by atoms with Crippen molar-refractivity contribution in [2.75, 3.05) is 26.2 Å². The van der Waals surface area contributed by atoms with Crippen LogP contribution < -0.4 is 10.6 Å². The fourth-order valence-corrected chi connectivity index (χ4v) is 6.04. The molecule has 4 fully saturated rings. The van der Waals surface area contributed by atoms with E-state index < -0.39 is 12.1 Å². The molecule has 0 spiro atoms. The topological polar surface area (TPSA) is 106 Å². The second kappa shape index (κ2) is 7.84. The fraction of sp³-hybridized carbons (Fsp3) is 0.818. The third-order valence-corrected chi connectivity index (χ3v) is 7.97. The maximum absolute atomic E-state index is 13.4. The van der Waals surface area contributed by atoms with Crippen LogP contribution in [0, 0.1) is 34.5 Å². The van der Waals surface area contributed by atoms with Gasteiger partial charge in [0, 0.05) is 19.0 Å². The van der Waals surface area contributed by atoms with Crippen LogP contribution in [0.25, 0.3) is 0 Å². The average molecular weight is 416 g/mol. The molecule has 4 rings (SSSR count). The normalized spacial score (nSPS) is 35.5. The third-order valence-electron chi connectivity index (χ3n) is 7.97. The van der Waals surface area contributed by atoms with Crippen molar-refractivity contribution in [3.63, 3.8) is 0 Å². The van der Waals surface area contributed by atoms with Gasteiger partial charge in [-0.2, -0.15) is 5.26 Å². The molecular formula is C22H33N5O3. The summed E-state index contributed by atoms with van der Waals surface area (Å²) in [5, 5.41) is 15.2. The molecule has 0 radical (unpaired) electrons. The molecule has 164 valence electrons. The molecular weight excluding hydrogens is 382 g/mol. The van der Waals surface area contributed by atoms with Crippen molar-refractivity contribution in [1.29, 1.82) is 5.26 Å². The van der Waals surface area contributed by atoms with Crippen molar-refractivity contribution in [2.45, 2.75) is 64.6 Å². The molecule has 8 nitrogen and oxygen atoms in total. The van der Waals surface area contributed by atoms with Crippen LogP contribution in [0.15, 0.2) is 0 Å². The highest BCUT2D eigenvalue weighted by molar-refractivity contribution is 5.92. The van der Waals surface area contributed by atoms with Crippen molar-refractivity contribution in [3.05, 3.63) is 0 Å². The Balaban J connectivity index is 1.47. The highest BCUT2D eigenvalue weighted by Crippen LogP contribution is 2.65. The van der Waals surface area contributed by atoms with Crippen LogP contribution in [0.2, 0.25) is 0 Å². The van der Waals surface area contributed by atoms with Crippen LogP contribution in [0.3, 0.4) is 0 Å². The summed E-state index contributed by atoms with van der Waals surface area (Å²) in [4.78, 5) is 42.5. The van der Waals surface area contributed by atoms with Gasteiger partial charge in [0.15, 0.2) is 0 Å². The summed E-state index contributed by atoms with van der Waals surface area (Å²) in [7, 11) is 0. The Bertz CT molecular complexity index is 775. The summed E-state index contributed by atoms with van der Waals surface area (Å²) in [5.41, 5.74) is 0.0341. The molecule has 3 heterocycles. The molecule has 0 bridgehead atoms. The van der Waals surface area contributed by atoms with Gasteiger partial charge in [0.25, 0.3) is 0 Å².